The van der Waals surface area contributed by atoms with Crippen LogP contribution in [0, 0.1) is 0 Å². The first-order valence-electron chi connectivity index (χ1n) is 6.53. The number of imidazole rings is 1. The smallest absolute Gasteiger partial charge is 0.326 e. The molecule has 0 aliphatic rings. The van der Waals surface area contributed by atoms with E-state index in [0.717, 1.165) is 5.56 Å². The number of aromatic nitrogens is 4. The van der Waals surface area contributed by atoms with Crippen LogP contribution < -0.4 is 5.32 Å². The minimum atomic E-state index is -0.980. The fourth-order valence-electron chi connectivity index (χ4n) is 2.13. The average Bonchev–Trinajstić information content (AvgIpc) is 2.95. The molecule has 1 aromatic carbocycles. The average molecular weight is 318 g/mol. The number of halogens is 1. The molecule has 112 valence electrons. The van der Waals surface area contributed by atoms with Crippen molar-refractivity contribution < 1.29 is 9.90 Å². The molecule has 3 aromatic rings. The van der Waals surface area contributed by atoms with Gasteiger partial charge in [0.1, 0.15) is 11.6 Å². The summed E-state index contributed by atoms with van der Waals surface area (Å²) in [4.78, 5) is 26.4. The molecule has 2 aromatic heterocycles. The van der Waals surface area contributed by atoms with E-state index in [9.17, 15) is 9.90 Å². The second kappa shape index (κ2) is 5.98. The molecule has 3 rings (SSSR count). The Kier molecular flexibility index (Phi) is 3.88. The molecule has 0 spiro atoms. The summed E-state index contributed by atoms with van der Waals surface area (Å²) in [5, 5.41) is 12.3. The lowest BCUT2D eigenvalue weighted by Crippen LogP contribution is -2.32. The fourth-order valence-corrected chi connectivity index (χ4v) is 2.29. The number of carboxylic acid groups (broad SMARTS) is 1. The Balaban J connectivity index is 1.90. The monoisotopic (exact) mass is 317 g/mol. The number of H-pyrrole nitrogens is 1. The van der Waals surface area contributed by atoms with Crippen LogP contribution in [0.5, 0.6) is 0 Å². The predicted octanol–water partition coefficient (Wildman–Crippen LogP) is 2.11. The van der Waals surface area contributed by atoms with E-state index in [1.165, 1.54) is 6.33 Å². The number of nitrogens with zero attached hydrogens (tertiary/aromatic N) is 3. The summed E-state index contributed by atoms with van der Waals surface area (Å²) in [6.07, 6.45) is 1.77. The normalized spacial score (nSPS) is 12.2. The molecule has 0 unspecified atom stereocenters. The summed E-state index contributed by atoms with van der Waals surface area (Å²) in [5.74, 6) is -0.665. The molecule has 0 amide bonds. The Morgan fingerprint density at radius 3 is 2.82 bits per heavy atom. The highest BCUT2D eigenvalue weighted by Crippen LogP contribution is 2.20. The van der Waals surface area contributed by atoms with Gasteiger partial charge in [-0.05, 0) is 17.2 Å². The number of aromatic amines is 1. The molecule has 22 heavy (non-hydrogen) atoms. The van der Waals surface area contributed by atoms with E-state index in [-0.39, 0.29) is 5.28 Å². The Hall–Kier alpha value is -2.67. The maximum atomic E-state index is 11.5. The van der Waals surface area contributed by atoms with Gasteiger partial charge in [-0.15, -0.1) is 0 Å². The van der Waals surface area contributed by atoms with Crippen LogP contribution >= 0.6 is 11.6 Å². The van der Waals surface area contributed by atoms with Crippen LogP contribution in [0.15, 0.2) is 36.7 Å². The first kappa shape index (κ1) is 14.3. The molecular weight excluding hydrogens is 306 g/mol. The first-order valence-corrected chi connectivity index (χ1v) is 6.91. The highest BCUT2D eigenvalue weighted by molar-refractivity contribution is 6.28. The third kappa shape index (κ3) is 2.99. The summed E-state index contributed by atoms with van der Waals surface area (Å²) in [7, 11) is 0. The second-order valence-corrected chi connectivity index (χ2v) is 5.01. The number of fused-ring (bicyclic) bond motifs is 1. The van der Waals surface area contributed by atoms with Crippen LogP contribution in [-0.4, -0.2) is 37.1 Å². The van der Waals surface area contributed by atoms with Crippen LogP contribution in [0.2, 0.25) is 5.28 Å². The molecule has 8 heteroatoms. The molecule has 0 aliphatic carbocycles. The zero-order valence-corrected chi connectivity index (χ0v) is 12.1. The number of anilines is 1. The molecule has 0 saturated carbocycles. The Morgan fingerprint density at radius 1 is 1.32 bits per heavy atom. The minimum Gasteiger partial charge on any atom is -0.480 e. The van der Waals surface area contributed by atoms with E-state index < -0.39 is 12.0 Å². The van der Waals surface area contributed by atoms with Crippen LogP contribution in [-0.2, 0) is 11.2 Å². The summed E-state index contributed by atoms with van der Waals surface area (Å²) >= 11 is 5.84. The molecule has 0 radical (unpaired) electrons. The van der Waals surface area contributed by atoms with Crippen molar-refractivity contribution in [2.45, 2.75) is 12.5 Å². The molecule has 0 saturated heterocycles. The van der Waals surface area contributed by atoms with Crippen molar-refractivity contribution in [2.75, 3.05) is 5.32 Å². The second-order valence-electron chi connectivity index (χ2n) is 4.67. The minimum absolute atomic E-state index is 0.00551. The van der Waals surface area contributed by atoms with Crippen LogP contribution in [0.1, 0.15) is 5.56 Å². The molecule has 0 bridgehead atoms. The van der Waals surface area contributed by atoms with Gasteiger partial charge < -0.3 is 15.4 Å². The number of carbonyl (C=O) groups is 1. The van der Waals surface area contributed by atoms with Crippen molar-refractivity contribution in [1.82, 2.24) is 19.9 Å². The highest BCUT2D eigenvalue weighted by atomic mass is 35.5. The van der Waals surface area contributed by atoms with Gasteiger partial charge in [-0.3, -0.25) is 0 Å². The third-order valence-corrected chi connectivity index (χ3v) is 3.32. The van der Waals surface area contributed by atoms with Crippen LogP contribution in [0.4, 0.5) is 5.82 Å². The van der Waals surface area contributed by atoms with E-state index >= 15 is 0 Å². The number of nitrogens with one attached hydrogen (secondary N) is 2. The van der Waals surface area contributed by atoms with Gasteiger partial charge >= 0.3 is 5.97 Å². The van der Waals surface area contributed by atoms with Crippen molar-refractivity contribution >= 4 is 34.6 Å². The van der Waals surface area contributed by atoms with Gasteiger partial charge in [-0.1, -0.05) is 30.3 Å². The standard InChI is InChI=1S/C14H12ClN5O2/c15-14-19-11-10(16-7-17-11)12(20-14)18-9(13(21)22)6-8-4-2-1-3-5-8/h1-5,7,9H,6H2,(H,21,22)(H2,16,17,18,19,20)/t9-/m1/s1. The molecule has 7 nitrogen and oxygen atoms in total. The van der Waals surface area contributed by atoms with Crippen molar-refractivity contribution in [2.24, 2.45) is 0 Å². The zero-order valence-electron chi connectivity index (χ0n) is 11.3. The van der Waals surface area contributed by atoms with E-state index in [2.05, 4.69) is 25.3 Å². The lowest BCUT2D eigenvalue weighted by molar-refractivity contribution is -0.137. The van der Waals surface area contributed by atoms with E-state index in [1.54, 1.807) is 0 Å². The first-order chi connectivity index (χ1) is 10.6. The lowest BCUT2D eigenvalue weighted by atomic mass is 10.1. The molecule has 0 aliphatic heterocycles. The van der Waals surface area contributed by atoms with Crippen LogP contribution in [0.25, 0.3) is 11.2 Å². The van der Waals surface area contributed by atoms with Gasteiger partial charge in [0.2, 0.25) is 5.28 Å². The van der Waals surface area contributed by atoms with Crippen LogP contribution in [0.3, 0.4) is 0 Å². The lowest BCUT2D eigenvalue weighted by Gasteiger charge is -2.15. The number of aliphatic carboxylic acids is 1. The molecule has 0 fully saturated rings. The summed E-state index contributed by atoms with van der Waals surface area (Å²) < 4.78 is 0. The largest absolute Gasteiger partial charge is 0.480 e. The third-order valence-electron chi connectivity index (χ3n) is 3.15. The predicted molar refractivity (Wildman–Crippen MR) is 81.9 cm³/mol. The maximum absolute atomic E-state index is 11.5. The topological polar surface area (TPSA) is 104 Å². The maximum Gasteiger partial charge on any atom is 0.326 e. The summed E-state index contributed by atoms with van der Waals surface area (Å²) in [6, 6.07) is 8.50. The van der Waals surface area contributed by atoms with Crippen molar-refractivity contribution in [3.8, 4) is 0 Å². The molecule has 1 atom stereocenters. The Bertz CT molecular complexity index is 805. The van der Waals surface area contributed by atoms with Gasteiger partial charge in [-0.2, -0.15) is 9.97 Å². The molecular formula is C14H12ClN5O2. The molecule has 2 heterocycles. The van der Waals surface area contributed by atoms with Gasteiger partial charge in [0.25, 0.3) is 0 Å². The Labute approximate surface area is 130 Å². The summed E-state index contributed by atoms with van der Waals surface area (Å²) in [5.41, 5.74) is 1.80. The SMILES string of the molecule is O=C(O)[C@@H](Cc1ccccc1)Nc1nc(Cl)nc2nc[nH]c12. The van der Waals surface area contributed by atoms with Gasteiger partial charge in [0.05, 0.1) is 6.33 Å². The quantitative estimate of drug-likeness (QED) is 0.623. The fraction of sp³-hybridized carbons (Fsp3) is 0.143. The van der Waals surface area contributed by atoms with E-state index in [4.69, 9.17) is 11.6 Å². The Morgan fingerprint density at radius 2 is 2.09 bits per heavy atom. The summed E-state index contributed by atoms with van der Waals surface area (Å²) in [6.45, 7) is 0. The number of carboxylic acids is 1. The number of rotatable bonds is 5. The van der Waals surface area contributed by atoms with Crippen molar-refractivity contribution in [3.05, 3.63) is 47.5 Å². The van der Waals surface area contributed by atoms with Gasteiger partial charge in [0.15, 0.2) is 11.5 Å². The number of benzene rings is 1. The van der Waals surface area contributed by atoms with E-state index in [0.29, 0.717) is 23.4 Å². The highest BCUT2D eigenvalue weighted by Gasteiger charge is 2.20. The van der Waals surface area contributed by atoms with Crippen molar-refractivity contribution in [1.29, 1.82) is 0 Å². The molecule has 3 N–H and O–H groups in total. The van der Waals surface area contributed by atoms with Crippen molar-refractivity contribution in [3.63, 3.8) is 0 Å². The number of hydrogen-bond donors (Lipinski definition) is 3. The van der Waals surface area contributed by atoms with Gasteiger partial charge in [-0.25, -0.2) is 9.78 Å². The van der Waals surface area contributed by atoms with Gasteiger partial charge in [0, 0.05) is 6.42 Å². The van der Waals surface area contributed by atoms with E-state index in [1.807, 2.05) is 30.3 Å². The number of hydrogen-bond acceptors (Lipinski definition) is 5. The zero-order chi connectivity index (χ0) is 15.5.